The maximum absolute atomic E-state index is 12.6. The fourth-order valence-electron chi connectivity index (χ4n) is 3.33. The predicted molar refractivity (Wildman–Crippen MR) is 101 cm³/mol. The number of aryl methyl sites for hydroxylation is 1. The Bertz CT molecular complexity index is 835. The fraction of sp³-hybridized carbons (Fsp3) is 0.381. The van der Waals surface area contributed by atoms with Gasteiger partial charge in [0.1, 0.15) is 0 Å². The highest BCUT2D eigenvalue weighted by atomic mass is 19.4. The number of nitrogens with one attached hydrogen (secondary N) is 1. The van der Waals surface area contributed by atoms with E-state index in [1.54, 1.807) is 0 Å². The Kier molecular flexibility index (Phi) is 5.93. The van der Waals surface area contributed by atoms with Gasteiger partial charge in [-0.3, -0.25) is 4.79 Å². The lowest BCUT2D eigenvalue weighted by atomic mass is 10.0. The highest BCUT2D eigenvalue weighted by Gasteiger charge is 2.29. The summed E-state index contributed by atoms with van der Waals surface area (Å²) in [6.45, 7) is 1.05. The molecule has 1 aliphatic heterocycles. The second-order valence-electron chi connectivity index (χ2n) is 7.07. The van der Waals surface area contributed by atoms with Crippen molar-refractivity contribution >= 4 is 11.6 Å². The molecule has 0 saturated carbocycles. The van der Waals surface area contributed by atoms with Crippen LogP contribution in [0.5, 0.6) is 0 Å². The first-order valence-electron chi connectivity index (χ1n) is 9.19. The molecule has 1 aliphatic rings. The standard InChI is InChI=1S/C21H23F3N2O2/c1-26-11-10-15-12-16(5-8-18(15)26)19(27)13-25-20(28)9-4-14-2-6-17(7-3-14)21(22,23)24/h2-3,5-8,12,19,27H,4,9-11,13H2,1H3,(H,25,28)/t19-/m0/s1. The van der Waals surface area contributed by atoms with Crippen LogP contribution in [0.1, 0.15) is 34.8 Å². The molecule has 150 valence electrons. The van der Waals surface area contributed by atoms with Gasteiger partial charge in [-0.05, 0) is 47.7 Å². The number of aliphatic hydroxyl groups excluding tert-OH is 1. The van der Waals surface area contributed by atoms with Gasteiger partial charge in [-0.25, -0.2) is 0 Å². The summed E-state index contributed by atoms with van der Waals surface area (Å²) in [6, 6.07) is 10.6. The predicted octanol–water partition coefficient (Wildman–Crippen LogP) is 3.48. The molecule has 1 atom stereocenters. The summed E-state index contributed by atoms with van der Waals surface area (Å²) < 4.78 is 37.7. The van der Waals surface area contributed by atoms with Crippen LogP contribution >= 0.6 is 0 Å². The molecule has 0 fully saturated rings. The van der Waals surface area contributed by atoms with Crippen LogP contribution in [-0.4, -0.2) is 31.2 Å². The van der Waals surface area contributed by atoms with Gasteiger partial charge in [-0.2, -0.15) is 13.2 Å². The van der Waals surface area contributed by atoms with E-state index in [-0.39, 0.29) is 18.9 Å². The number of alkyl halides is 3. The van der Waals surface area contributed by atoms with E-state index in [1.165, 1.54) is 17.7 Å². The number of halogens is 3. The molecule has 4 nitrogen and oxygen atoms in total. The molecule has 1 amide bonds. The van der Waals surface area contributed by atoms with Crippen LogP contribution in [0.15, 0.2) is 42.5 Å². The van der Waals surface area contributed by atoms with Crippen molar-refractivity contribution in [1.82, 2.24) is 5.32 Å². The van der Waals surface area contributed by atoms with Crippen LogP contribution < -0.4 is 10.2 Å². The number of likely N-dealkylation sites (N-methyl/N-ethyl adjacent to an activating group) is 1. The average molecular weight is 392 g/mol. The smallest absolute Gasteiger partial charge is 0.387 e. The minimum Gasteiger partial charge on any atom is -0.387 e. The average Bonchev–Trinajstić information content (AvgIpc) is 3.04. The zero-order valence-corrected chi connectivity index (χ0v) is 15.6. The molecule has 1 heterocycles. The molecule has 0 unspecified atom stereocenters. The molecule has 7 heteroatoms. The summed E-state index contributed by atoms with van der Waals surface area (Å²) in [4.78, 5) is 14.2. The second kappa shape index (κ2) is 8.22. The normalized spacial score (nSPS) is 14.7. The Balaban J connectivity index is 1.46. The van der Waals surface area contributed by atoms with E-state index in [2.05, 4.69) is 10.2 Å². The van der Waals surface area contributed by atoms with E-state index in [9.17, 15) is 23.1 Å². The molecule has 28 heavy (non-hydrogen) atoms. The molecule has 2 aromatic carbocycles. The van der Waals surface area contributed by atoms with Crippen molar-refractivity contribution < 1.29 is 23.1 Å². The van der Waals surface area contributed by atoms with Crippen LogP contribution in [-0.2, 0) is 23.8 Å². The van der Waals surface area contributed by atoms with Crippen molar-refractivity contribution in [3.05, 3.63) is 64.7 Å². The number of aliphatic hydroxyl groups is 1. The Morgan fingerprint density at radius 1 is 1.21 bits per heavy atom. The van der Waals surface area contributed by atoms with Crippen LogP contribution in [0.3, 0.4) is 0 Å². The third-order valence-electron chi connectivity index (χ3n) is 5.03. The number of hydrogen-bond acceptors (Lipinski definition) is 3. The highest BCUT2D eigenvalue weighted by Crippen LogP contribution is 2.30. The van der Waals surface area contributed by atoms with Crippen molar-refractivity contribution in [2.75, 3.05) is 25.0 Å². The molecule has 2 N–H and O–H groups in total. The monoisotopic (exact) mass is 392 g/mol. The van der Waals surface area contributed by atoms with E-state index in [1.807, 2.05) is 25.2 Å². The Morgan fingerprint density at radius 2 is 1.93 bits per heavy atom. The number of amides is 1. The van der Waals surface area contributed by atoms with Gasteiger partial charge in [-0.1, -0.05) is 24.3 Å². The zero-order chi connectivity index (χ0) is 20.3. The number of carbonyl (C=O) groups is 1. The third-order valence-corrected chi connectivity index (χ3v) is 5.03. The second-order valence-corrected chi connectivity index (χ2v) is 7.07. The van der Waals surface area contributed by atoms with E-state index < -0.39 is 17.8 Å². The number of fused-ring (bicyclic) bond motifs is 1. The SMILES string of the molecule is CN1CCc2cc([C@@H](O)CNC(=O)CCc3ccc(C(F)(F)F)cc3)ccc21. The molecule has 0 aliphatic carbocycles. The molecule has 3 rings (SSSR count). The van der Waals surface area contributed by atoms with E-state index >= 15 is 0 Å². The van der Waals surface area contributed by atoms with Crippen molar-refractivity contribution in [1.29, 1.82) is 0 Å². The van der Waals surface area contributed by atoms with E-state index in [0.717, 1.165) is 36.3 Å². The van der Waals surface area contributed by atoms with E-state index in [4.69, 9.17) is 0 Å². The van der Waals surface area contributed by atoms with E-state index in [0.29, 0.717) is 12.0 Å². The lowest BCUT2D eigenvalue weighted by Gasteiger charge is -2.15. The molecule has 2 aromatic rings. The summed E-state index contributed by atoms with van der Waals surface area (Å²) in [5.41, 5.74) is 3.07. The Labute approximate surface area is 162 Å². The minimum atomic E-state index is -4.36. The Hall–Kier alpha value is -2.54. The molecule has 0 saturated heterocycles. The van der Waals surface area contributed by atoms with Gasteiger partial charge in [0.15, 0.2) is 0 Å². The number of rotatable bonds is 6. The minimum absolute atomic E-state index is 0.0977. The quantitative estimate of drug-likeness (QED) is 0.792. The van der Waals surface area contributed by atoms with Gasteiger partial charge in [-0.15, -0.1) is 0 Å². The van der Waals surface area contributed by atoms with Crippen LogP contribution in [0.4, 0.5) is 18.9 Å². The summed E-state index contributed by atoms with van der Waals surface area (Å²) in [7, 11) is 2.03. The number of carbonyl (C=O) groups excluding carboxylic acids is 1. The highest BCUT2D eigenvalue weighted by molar-refractivity contribution is 5.76. The van der Waals surface area contributed by atoms with Crippen molar-refractivity contribution in [3.8, 4) is 0 Å². The first-order chi connectivity index (χ1) is 13.2. The molecule has 0 aromatic heterocycles. The first kappa shape index (κ1) is 20.2. The topological polar surface area (TPSA) is 52.6 Å². The summed E-state index contributed by atoms with van der Waals surface area (Å²) >= 11 is 0. The van der Waals surface area contributed by atoms with Gasteiger partial charge >= 0.3 is 6.18 Å². The first-order valence-corrected chi connectivity index (χ1v) is 9.19. The molecule has 0 radical (unpaired) electrons. The molecule has 0 bridgehead atoms. The maximum atomic E-state index is 12.6. The fourth-order valence-corrected chi connectivity index (χ4v) is 3.33. The van der Waals surface area contributed by atoms with Crippen molar-refractivity contribution in [2.24, 2.45) is 0 Å². The van der Waals surface area contributed by atoms with Crippen LogP contribution in [0.25, 0.3) is 0 Å². The maximum Gasteiger partial charge on any atom is 0.416 e. The summed E-state index contributed by atoms with van der Waals surface area (Å²) in [6.07, 6.45) is -3.74. The van der Waals surface area contributed by atoms with Crippen LogP contribution in [0.2, 0.25) is 0 Å². The molecule has 0 spiro atoms. The van der Waals surface area contributed by atoms with Crippen LogP contribution in [0, 0.1) is 0 Å². The van der Waals surface area contributed by atoms with Gasteiger partial charge in [0.05, 0.1) is 11.7 Å². The van der Waals surface area contributed by atoms with Gasteiger partial charge in [0.25, 0.3) is 0 Å². The Morgan fingerprint density at radius 3 is 2.61 bits per heavy atom. The van der Waals surface area contributed by atoms with Gasteiger partial charge < -0.3 is 15.3 Å². The number of benzene rings is 2. The lowest BCUT2D eigenvalue weighted by Crippen LogP contribution is -2.28. The number of anilines is 1. The van der Waals surface area contributed by atoms with Crippen molar-refractivity contribution in [3.63, 3.8) is 0 Å². The van der Waals surface area contributed by atoms with Gasteiger partial charge in [0, 0.05) is 32.2 Å². The third kappa shape index (κ3) is 4.84. The zero-order valence-electron chi connectivity index (χ0n) is 15.6. The summed E-state index contributed by atoms with van der Waals surface area (Å²) in [5, 5.41) is 13.0. The largest absolute Gasteiger partial charge is 0.416 e. The molecular formula is C21H23F3N2O2. The van der Waals surface area contributed by atoms with Crippen molar-refractivity contribution in [2.45, 2.75) is 31.5 Å². The lowest BCUT2D eigenvalue weighted by molar-refractivity contribution is -0.137. The number of hydrogen-bond donors (Lipinski definition) is 2. The number of nitrogens with zero attached hydrogens (tertiary/aromatic N) is 1. The van der Waals surface area contributed by atoms with Gasteiger partial charge in [0.2, 0.25) is 5.91 Å². The summed E-state index contributed by atoms with van der Waals surface area (Å²) in [5.74, 6) is -0.250. The molecular weight excluding hydrogens is 369 g/mol.